The van der Waals surface area contributed by atoms with E-state index in [0.717, 1.165) is 12.2 Å². The van der Waals surface area contributed by atoms with Gasteiger partial charge in [-0.25, -0.2) is 9.78 Å². The van der Waals surface area contributed by atoms with Gasteiger partial charge in [0.15, 0.2) is 11.2 Å². The van der Waals surface area contributed by atoms with Crippen LogP contribution in [-0.4, -0.2) is 25.6 Å². The molecule has 7 nitrogen and oxygen atoms in total. The van der Waals surface area contributed by atoms with Crippen LogP contribution in [0.15, 0.2) is 9.59 Å². The largest absolute Gasteiger partial charge is 0.330 e. The van der Waals surface area contributed by atoms with Gasteiger partial charge in [0, 0.05) is 20.5 Å². The van der Waals surface area contributed by atoms with Crippen molar-refractivity contribution >= 4 is 11.2 Å². The standard InChI is InChI=1S/C10H15N5O2/c1-14-6(4-3-5-11)12-8-7(14)9(16)13-10(17)15(8)2/h3-5,11H2,1-2H3,(H,13,16,17). The maximum atomic E-state index is 11.7. The third-order valence-corrected chi connectivity index (χ3v) is 2.83. The summed E-state index contributed by atoms with van der Waals surface area (Å²) in [5.74, 6) is 0.761. The number of hydrogen-bond donors (Lipinski definition) is 2. The summed E-state index contributed by atoms with van der Waals surface area (Å²) in [6.07, 6.45) is 1.48. The minimum Gasteiger partial charge on any atom is -0.330 e. The second kappa shape index (κ2) is 4.17. The first-order valence-electron chi connectivity index (χ1n) is 5.41. The van der Waals surface area contributed by atoms with Crippen LogP contribution in [0.2, 0.25) is 0 Å². The molecule has 0 unspecified atom stereocenters. The summed E-state index contributed by atoms with van der Waals surface area (Å²) in [4.78, 5) is 29.7. The van der Waals surface area contributed by atoms with Crippen molar-refractivity contribution in [3.63, 3.8) is 0 Å². The van der Waals surface area contributed by atoms with Crippen LogP contribution in [0.25, 0.3) is 11.2 Å². The van der Waals surface area contributed by atoms with Gasteiger partial charge in [-0.2, -0.15) is 0 Å². The van der Waals surface area contributed by atoms with Crippen molar-refractivity contribution in [2.75, 3.05) is 6.54 Å². The van der Waals surface area contributed by atoms with Crippen LogP contribution >= 0.6 is 0 Å². The van der Waals surface area contributed by atoms with E-state index in [1.165, 1.54) is 4.57 Å². The van der Waals surface area contributed by atoms with Crippen LogP contribution in [0.5, 0.6) is 0 Å². The highest BCUT2D eigenvalue weighted by molar-refractivity contribution is 5.70. The van der Waals surface area contributed by atoms with Gasteiger partial charge in [-0.1, -0.05) is 0 Å². The van der Waals surface area contributed by atoms with E-state index in [0.29, 0.717) is 24.1 Å². The predicted octanol–water partition coefficient (Wildman–Crippen LogP) is -1.15. The third kappa shape index (κ3) is 1.78. The predicted molar refractivity (Wildman–Crippen MR) is 64.0 cm³/mol. The zero-order valence-corrected chi connectivity index (χ0v) is 9.86. The highest BCUT2D eigenvalue weighted by atomic mass is 16.2. The van der Waals surface area contributed by atoms with Crippen LogP contribution in [0.1, 0.15) is 12.2 Å². The molecular weight excluding hydrogens is 222 g/mol. The molecule has 0 aliphatic carbocycles. The summed E-state index contributed by atoms with van der Waals surface area (Å²) in [5.41, 5.74) is 5.41. The molecule has 0 bridgehead atoms. The molecule has 7 heteroatoms. The smallest absolute Gasteiger partial charge is 0.329 e. The second-order valence-electron chi connectivity index (χ2n) is 3.97. The van der Waals surface area contributed by atoms with Crippen LogP contribution in [0.3, 0.4) is 0 Å². The summed E-state index contributed by atoms with van der Waals surface area (Å²) in [7, 11) is 3.35. The van der Waals surface area contributed by atoms with Gasteiger partial charge in [0.25, 0.3) is 5.56 Å². The Morgan fingerprint density at radius 3 is 2.65 bits per heavy atom. The average molecular weight is 237 g/mol. The van der Waals surface area contributed by atoms with Gasteiger partial charge in [0.2, 0.25) is 0 Å². The Bertz CT molecular complexity index is 664. The fourth-order valence-electron chi connectivity index (χ4n) is 1.84. The number of nitrogens with zero attached hydrogens (tertiary/aromatic N) is 3. The first-order chi connectivity index (χ1) is 8.06. The topological polar surface area (TPSA) is 98.7 Å². The number of aromatic nitrogens is 4. The maximum absolute atomic E-state index is 11.7. The second-order valence-corrected chi connectivity index (χ2v) is 3.97. The lowest BCUT2D eigenvalue weighted by Gasteiger charge is -2.00. The maximum Gasteiger partial charge on any atom is 0.329 e. The number of hydrogen-bond acceptors (Lipinski definition) is 4. The molecule has 2 rings (SSSR count). The van der Waals surface area contributed by atoms with E-state index in [-0.39, 0.29) is 0 Å². The fourth-order valence-corrected chi connectivity index (χ4v) is 1.84. The lowest BCUT2D eigenvalue weighted by molar-refractivity contribution is 0.739. The van der Waals surface area contributed by atoms with Gasteiger partial charge < -0.3 is 10.3 Å². The van der Waals surface area contributed by atoms with Crippen molar-refractivity contribution < 1.29 is 0 Å². The zero-order valence-electron chi connectivity index (χ0n) is 9.86. The normalized spacial score (nSPS) is 11.2. The Balaban J connectivity index is 2.73. The van der Waals surface area contributed by atoms with E-state index < -0.39 is 11.2 Å². The quantitative estimate of drug-likeness (QED) is 0.704. The molecule has 0 spiro atoms. The number of nitrogens with two attached hydrogens (primary N) is 1. The molecule has 2 aromatic heterocycles. The summed E-state index contributed by atoms with van der Waals surface area (Å²) in [6, 6.07) is 0. The van der Waals surface area contributed by atoms with Crippen molar-refractivity contribution in [1.82, 2.24) is 19.1 Å². The first kappa shape index (κ1) is 11.6. The number of imidazole rings is 1. The number of rotatable bonds is 3. The minimum absolute atomic E-state index is 0.405. The molecule has 2 aromatic rings. The van der Waals surface area contributed by atoms with E-state index in [4.69, 9.17) is 5.73 Å². The van der Waals surface area contributed by atoms with Gasteiger partial charge >= 0.3 is 5.69 Å². The van der Waals surface area contributed by atoms with E-state index >= 15 is 0 Å². The Labute approximate surface area is 96.9 Å². The molecule has 2 heterocycles. The number of H-pyrrole nitrogens is 1. The van der Waals surface area contributed by atoms with Crippen molar-refractivity contribution in [3.8, 4) is 0 Å². The number of aromatic amines is 1. The van der Waals surface area contributed by atoms with E-state index in [1.54, 1.807) is 18.7 Å². The molecule has 0 fully saturated rings. The summed E-state index contributed by atoms with van der Waals surface area (Å²) in [6.45, 7) is 0.568. The summed E-state index contributed by atoms with van der Waals surface area (Å²) >= 11 is 0. The molecule has 17 heavy (non-hydrogen) atoms. The number of aryl methyl sites for hydroxylation is 3. The van der Waals surface area contributed by atoms with Crippen LogP contribution < -0.4 is 17.0 Å². The molecular formula is C10H15N5O2. The lowest BCUT2D eigenvalue weighted by Crippen LogP contribution is -2.29. The SMILES string of the molecule is Cn1c(CCCN)nc2c1c(=O)[nH]c(=O)n2C. The molecule has 0 saturated carbocycles. The highest BCUT2D eigenvalue weighted by Gasteiger charge is 2.13. The van der Waals surface area contributed by atoms with Gasteiger partial charge in [0.05, 0.1) is 0 Å². The first-order valence-corrected chi connectivity index (χ1v) is 5.41. The Morgan fingerprint density at radius 2 is 2.00 bits per heavy atom. The van der Waals surface area contributed by atoms with Crippen LogP contribution in [-0.2, 0) is 20.5 Å². The molecule has 92 valence electrons. The monoisotopic (exact) mass is 237 g/mol. The van der Waals surface area contributed by atoms with Gasteiger partial charge in [0.1, 0.15) is 5.82 Å². The van der Waals surface area contributed by atoms with Gasteiger partial charge in [-0.3, -0.25) is 14.3 Å². The van der Waals surface area contributed by atoms with Crippen molar-refractivity contribution in [2.45, 2.75) is 12.8 Å². The molecule has 0 saturated heterocycles. The molecule has 0 radical (unpaired) electrons. The third-order valence-electron chi connectivity index (χ3n) is 2.83. The minimum atomic E-state index is -0.453. The molecule has 0 aliphatic heterocycles. The van der Waals surface area contributed by atoms with E-state index in [2.05, 4.69) is 9.97 Å². The van der Waals surface area contributed by atoms with E-state index in [1.807, 2.05) is 0 Å². The Morgan fingerprint density at radius 1 is 1.29 bits per heavy atom. The van der Waals surface area contributed by atoms with Gasteiger partial charge in [-0.15, -0.1) is 0 Å². The molecule has 0 amide bonds. The van der Waals surface area contributed by atoms with Crippen molar-refractivity contribution in [2.24, 2.45) is 19.8 Å². The highest BCUT2D eigenvalue weighted by Crippen LogP contribution is 2.09. The Kier molecular flexibility index (Phi) is 2.84. The zero-order chi connectivity index (χ0) is 12.6. The Hall–Kier alpha value is -1.89. The van der Waals surface area contributed by atoms with Crippen LogP contribution in [0, 0.1) is 0 Å². The number of fused-ring (bicyclic) bond motifs is 1. The van der Waals surface area contributed by atoms with Crippen molar-refractivity contribution in [3.05, 3.63) is 26.7 Å². The average Bonchev–Trinajstić information content (AvgIpc) is 2.61. The van der Waals surface area contributed by atoms with Gasteiger partial charge in [-0.05, 0) is 13.0 Å². The van der Waals surface area contributed by atoms with Crippen molar-refractivity contribution in [1.29, 1.82) is 0 Å². The molecule has 0 atom stereocenters. The molecule has 0 aliphatic rings. The lowest BCUT2D eigenvalue weighted by atomic mass is 10.3. The fraction of sp³-hybridized carbons (Fsp3) is 0.500. The van der Waals surface area contributed by atoms with E-state index in [9.17, 15) is 9.59 Å². The molecule has 3 N–H and O–H groups in total. The van der Waals surface area contributed by atoms with Crippen LogP contribution in [0.4, 0.5) is 0 Å². The summed E-state index contributed by atoms with van der Waals surface area (Å²) in [5, 5.41) is 0. The molecule has 0 aromatic carbocycles. The summed E-state index contributed by atoms with van der Waals surface area (Å²) < 4.78 is 3.05. The number of nitrogens with one attached hydrogen (secondary N) is 1.